The maximum absolute atomic E-state index is 12.3. The Morgan fingerprint density at radius 1 is 1.48 bits per heavy atom. The minimum atomic E-state index is -0.0963. The van der Waals surface area contributed by atoms with Crippen LogP contribution in [0, 0.1) is 0 Å². The first-order chi connectivity index (χ1) is 11.2. The number of carbonyl (C=O) groups is 1. The molecule has 0 aliphatic carbocycles. The largest absolute Gasteiger partial charge is 0.472 e. The second kappa shape index (κ2) is 7.28. The number of nitrogens with one attached hydrogen (secondary N) is 1. The van der Waals surface area contributed by atoms with Gasteiger partial charge in [-0.3, -0.25) is 5.32 Å². The van der Waals surface area contributed by atoms with Crippen LogP contribution in [0.25, 0.3) is 0 Å². The molecule has 0 bridgehead atoms. The molecule has 0 saturated carbocycles. The van der Waals surface area contributed by atoms with Crippen molar-refractivity contribution in [2.75, 3.05) is 25.5 Å². The second-order valence-electron chi connectivity index (χ2n) is 5.12. The van der Waals surface area contributed by atoms with Gasteiger partial charge in [0.1, 0.15) is 6.10 Å². The van der Waals surface area contributed by atoms with Crippen LogP contribution in [0.4, 0.5) is 9.80 Å². The minimum absolute atomic E-state index is 0.0857. The number of methoxy groups -OCH3 is 1. The van der Waals surface area contributed by atoms with Gasteiger partial charge < -0.3 is 14.4 Å². The molecule has 8 heteroatoms. The maximum Gasteiger partial charge on any atom is 0.322 e. The number of piperidine rings is 1. The third-order valence-electron chi connectivity index (χ3n) is 3.49. The van der Waals surface area contributed by atoms with Crippen LogP contribution in [0.2, 0.25) is 0 Å². The molecule has 1 fully saturated rings. The van der Waals surface area contributed by atoms with Crippen LogP contribution in [-0.4, -0.2) is 47.2 Å². The van der Waals surface area contributed by atoms with E-state index in [4.69, 9.17) is 9.47 Å². The van der Waals surface area contributed by atoms with Crippen molar-refractivity contribution in [3.8, 4) is 11.9 Å². The van der Waals surface area contributed by atoms with Crippen molar-refractivity contribution in [3.63, 3.8) is 0 Å². The summed E-state index contributed by atoms with van der Waals surface area (Å²) in [5, 5.41) is 5.68. The first-order valence-corrected chi connectivity index (χ1v) is 8.25. The van der Waals surface area contributed by atoms with E-state index >= 15 is 0 Å². The van der Waals surface area contributed by atoms with Gasteiger partial charge in [-0.2, -0.15) is 4.98 Å². The fourth-order valence-corrected chi connectivity index (χ4v) is 3.02. The van der Waals surface area contributed by atoms with E-state index < -0.39 is 0 Å². The Labute approximate surface area is 138 Å². The lowest BCUT2D eigenvalue weighted by Crippen LogP contribution is -2.46. The number of amides is 2. The summed E-state index contributed by atoms with van der Waals surface area (Å²) >= 11 is 1.50. The first kappa shape index (κ1) is 15.5. The van der Waals surface area contributed by atoms with E-state index in [1.165, 1.54) is 18.4 Å². The molecule has 0 radical (unpaired) electrons. The number of anilines is 1. The molecule has 2 amide bonds. The molecule has 1 N–H and O–H groups in total. The van der Waals surface area contributed by atoms with Crippen molar-refractivity contribution >= 4 is 22.4 Å². The molecule has 7 nitrogen and oxygen atoms in total. The van der Waals surface area contributed by atoms with Gasteiger partial charge in [0.25, 0.3) is 0 Å². The SMILES string of the molecule is COc1nccc(OC2CCCN(C(=O)Nc3cccs3)C2)n1. The van der Waals surface area contributed by atoms with E-state index in [-0.39, 0.29) is 18.1 Å². The summed E-state index contributed by atoms with van der Waals surface area (Å²) in [5.41, 5.74) is 0. The zero-order chi connectivity index (χ0) is 16.1. The lowest BCUT2D eigenvalue weighted by Gasteiger charge is -2.32. The minimum Gasteiger partial charge on any atom is -0.472 e. The van der Waals surface area contributed by atoms with Crippen LogP contribution in [0.15, 0.2) is 29.8 Å². The van der Waals surface area contributed by atoms with E-state index in [0.29, 0.717) is 12.4 Å². The highest BCUT2D eigenvalue weighted by Crippen LogP contribution is 2.20. The zero-order valence-electron chi connectivity index (χ0n) is 12.8. The molecular weight excluding hydrogens is 316 g/mol. The Morgan fingerprint density at radius 3 is 3.17 bits per heavy atom. The van der Waals surface area contributed by atoms with Gasteiger partial charge >= 0.3 is 12.0 Å². The van der Waals surface area contributed by atoms with Gasteiger partial charge in [-0.05, 0) is 30.4 Å². The molecule has 23 heavy (non-hydrogen) atoms. The van der Waals surface area contributed by atoms with Crippen LogP contribution < -0.4 is 14.8 Å². The third kappa shape index (κ3) is 4.10. The fraction of sp³-hybridized carbons (Fsp3) is 0.400. The Bertz CT molecular complexity index is 650. The Hall–Kier alpha value is -2.35. The standard InChI is InChI=1S/C15H18N4O3S/c1-21-14-16-7-6-12(17-14)22-11-4-2-8-19(10-11)15(20)18-13-5-3-9-23-13/h3,5-7,9,11H,2,4,8,10H2,1H3,(H,18,20). The fourth-order valence-electron chi connectivity index (χ4n) is 2.41. The Kier molecular flexibility index (Phi) is 4.92. The smallest absolute Gasteiger partial charge is 0.322 e. The van der Waals surface area contributed by atoms with Gasteiger partial charge in [0.05, 0.1) is 18.7 Å². The number of urea groups is 1. The molecule has 0 spiro atoms. The number of hydrogen-bond donors (Lipinski definition) is 1. The zero-order valence-corrected chi connectivity index (χ0v) is 13.6. The lowest BCUT2D eigenvalue weighted by molar-refractivity contribution is 0.102. The van der Waals surface area contributed by atoms with Crippen LogP contribution in [0.3, 0.4) is 0 Å². The van der Waals surface area contributed by atoms with E-state index in [1.807, 2.05) is 17.5 Å². The number of ether oxygens (including phenoxy) is 2. The van der Waals surface area contributed by atoms with Crippen molar-refractivity contribution in [2.45, 2.75) is 18.9 Å². The van der Waals surface area contributed by atoms with Crippen LogP contribution in [0.1, 0.15) is 12.8 Å². The summed E-state index contributed by atoms with van der Waals surface area (Å²) < 4.78 is 10.8. The molecule has 2 aromatic heterocycles. The monoisotopic (exact) mass is 334 g/mol. The summed E-state index contributed by atoms with van der Waals surface area (Å²) in [6, 6.07) is 5.65. The van der Waals surface area contributed by atoms with Gasteiger partial charge in [0, 0.05) is 18.8 Å². The molecule has 1 aliphatic heterocycles. The summed E-state index contributed by atoms with van der Waals surface area (Å²) in [4.78, 5) is 22.1. The normalized spacial score (nSPS) is 17.6. The van der Waals surface area contributed by atoms with Gasteiger partial charge in [-0.15, -0.1) is 11.3 Å². The Balaban J connectivity index is 1.58. The summed E-state index contributed by atoms with van der Waals surface area (Å²) in [7, 11) is 1.51. The van der Waals surface area contributed by atoms with Crippen LogP contribution >= 0.6 is 11.3 Å². The van der Waals surface area contributed by atoms with Gasteiger partial charge in [-0.1, -0.05) is 0 Å². The van der Waals surface area contributed by atoms with Crippen LogP contribution in [0.5, 0.6) is 11.9 Å². The summed E-state index contributed by atoms with van der Waals surface area (Å²) in [5.74, 6) is 0.461. The molecule has 3 heterocycles. The van der Waals surface area contributed by atoms with E-state index in [2.05, 4.69) is 15.3 Å². The predicted molar refractivity (Wildman–Crippen MR) is 87.1 cm³/mol. The molecule has 1 atom stereocenters. The van der Waals surface area contributed by atoms with Gasteiger partial charge in [-0.25, -0.2) is 9.78 Å². The number of carbonyl (C=O) groups excluding carboxylic acids is 1. The molecular formula is C15H18N4O3S. The van der Waals surface area contributed by atoms with E-state index in [0.717, 1.165) is 24.4 Å². The van der Waals surface area contributed by atoms with E-state index in [1.54, 1.807) is 17.2 Å². The van der Waals surface area contributed by atoms with Crippen molar-refractivity contribution in [3.05, 3.63) is 29.8 Å². The van der Waals surface area contributed by atoms with Crippen LogP contribution in [-0.2, 0) is 0 Å². The van der Waals surface area contributed by atoms with Crippen molar-refractivity contribution in [1.29, 1.82) is 0 Å². The molecule has 1 saturated heterocycles. The molecule has 0 aromatic carbocycles. The number of nitrogens with zero attached hydrogens (tertiary/aromatic N) is 3. The highest BCUT2D eigenvalue weighted by Gasteiger charge is 2.25. The summed E-state index contributed by atoms with van der Waals surface area (Å²) in [6.07, 6.45) is 3.28. The number of rotatable bonds is 4. The number of likely N-dealkylation sites (tertiary alicyclic amines) is 1. The molecule has 1 aliphatic rings. The highest BCUT2D eigenvalue weighted by molar-refractivity contribution is 7.14. The molecule has 3 rings (SSSR count). The number of hydrogen-bond acceptors (Lipinski definition) is 6. The lowest BCUT2D eigenvalue weighted by atomic mass is 10.1. The Morgan fingerprint density at radius 2 is 2.39 bits per heavy atom. The maximum atomic E-state index is 12.3. The summed E-state index contributed by atoms with van der Waals surface area (Å²) in [6.45, 7) is 1.26. The quantitative estimate of drug-likeness (QED) is 0.930. The van der Waals surface area contributed by atoms with Gasteiger partial charge in [0.15, 0.2) is 0 Å². The number of aromatic nitrogens is 2. The molecule has 122 valence electrons. The number of thiophene rings is 1. The van der Waals surface area contributed by atoms with Gasteiger partial charge in [0.2, 0.25) is 5.88 Å². The second-order valence-corrected chi connectivity index (χ2v) is 6.06. The first-order valence-electron chi connectivity index (χ1n) is 7.38. The van der Waals surface area contributed by atoms with Crippen molar-refractivity contribution in [1.82, 2.24) is 14.9 Å². The van der Waals surface area contributed by atoms with Crippen molar-refractivity contribution < 1.29 is 14.3 Å². The van der Waals surface area contributed by atoms with E-state index in [9.17, 15) is 4.79 Å². The topological polar surface area (TPSA) is 76.6 Å². The third-order valence-corrected chi connectivity index (χ3v) is 4.28. The highest BCUT2D eigenvalue weighted by atomic mass is 32.1. The predicted octanol–water partition coefficient (Wildman–Crippen LogP) is 2.62. The van der Waals surface area contributed by atoms with Crippen molar-refractivity contribution in [2.24, 2.45) is 0 Å². The average molecular weight is 334 g/mol. The molecule has 1 unspecified atom stereocenters. The average Bonchev–Trinajstić information content (AvgIpc) is 3.08. The molecule has 2 aromatic rings.